The average molecular weight is 454 g/mol. The SMILES string of the molecule is O=C1c2[nH]nc(-c3ccccc3)c2C(c2ccc([N+](=O)[O-])cc2)N1Cc1ccc2c(c1)OCO2. The number of nitrogens with one attached hydrogen (secondary N) is 1. The summed E-state index contributed by atoms with van der Waals surface area (Å²) in [5.74, 6) is 1.12. The summed E-state index contributed by atoms with van der Waals surface area (Å²) in [6.45, 7) is 0.484. The number of aromatic amines is 1. The number of nitro benzene ring substituents is 1. The van der Waals surface area contributed by atoms with Gasteiger partial charge >= 0.3 is 0 Å². The lowest BCUT2D eigenvalue weighted by molar-refractivity contribution is -0.384. The van der Waals surface area contributed by atoms with Gasteiger partial charge < -0.3 is 14.4 Å². The number of H-pyrrole nitrogens is 1. The van der Waals surface area contributed by atoms with Gasteiger partial charge in [-0.15, -0.1) is 0 Å². The van der Waals surface area contributed by atoms with Crippen molar-refractivity contribution in [2.24, 2.45) is 0 Å². The number of fused-ring (bicyclic) bond motifs is 2. The zero-order chi connectivity index (χ0) is 23.2. The van der Waals surface area contributed by atoms with Gasteiger partial charge in [0.25, 0.3) is 11.6 Å². The van der Waals surface area contributed by atoms with Gasteiger partial charge in [0.15, 0.2) is 11.5 Å². The van der Waals surface area contributed by atoms with E-state index in [9.17, 15) is 14.9 Å². The molecule has 3 heterocycles. The maximum absolute atomic E-state index is 13.5. The molecule has 3 aromatic carbocycles. The largest absolute Gasteiger partial charge is 0.454 e. The van der Waals surface area contributed by atoms with Crippen molar-refractivity contribution in [2.75, 3.05) is 6.79 Å². The van der Waals surface area contributed by atoms with Crippen LogP contribution in [-0.2, 0) is 6.54 Å². The molecule has 9 nitrogen and oxygen atoms in total. The van der Waals surface area contributed by atoms with Crippen molar-refractivity contribution >= 4 is 11.6 Å². The Morgan fingerprint density at radius 1 is 1.03 bits per heavy atom. The predicted octanol–water partition coefficient (Wildman–Crippen LogP) is 4.46. The van der Waals surface area contributed by atoms with Crippen molar-refractivity contribution in [3.8, 4) is 22.8 Å². The molecule has 0 bridgehead atoms. The first-order chi connectivity index (χ1) is 16.6. The van der Waals surface area contributed by atoms with Gasteiger partial charge in [0.05, 0.1) is 16.7 Å². The summed E-state index contributed by atoms with van der Waals surface area (Å²) in [6, 6.07) is 21.1. The van der Waals surface area contributed by atoms with Crippen LogP contribution < -0.4 is 9.47 Å². The highest BCUT2D eigenvalue weighted by atomic mass is 16.7. The average Bonchev–Trinajstić information content (AvgIpc) is 3.56. The van der Waals surface area contributed by atoms with E-state index < -0.39 is 11.0 Å². The number of nitrogens with zero attached hydrogens (tertiary/aromatic N) is 3. The van der Waals surface area contributed by atoms with Crippen molar-refractivity contribution in [3.05, 3.63) is 105 Å². The molecule has 4 aromatic rings. The van der Waals surface area contributed by atoms with Crippen molar-refractivity contribution in [1.29, 1.82) is 0 Å². The lowest BCUT2D eigenvalue weighted by Gasteiger charge is -2.26. The second-order valence-corrected chi connectivity index (χ2v) is 8.10. The molecule has 9 heteroatoms. The molecule has 0 fully saturated rings. The second kappa shape index (κ2) is 7.73. The number of hydrogen-bond donors (Lipinski definition) is 1. The molecule has 0 spiro atoms. The van der Waals surface area contributed by atoms with E-state index in [1.165, 1.54) is 12.1 Å². The molecule has 0 aliphatic carbocycles. The third-order valence-electron chi connectivity index (χ3n) is 6.12. The number of carbonyl (C=O) groups is 1. The summed E-state index contributed by atoms with van der Waals surface area (Å²) in [6.07, 6.45) is 0. The van der Waals surface area contributed by atoms with Crippen LogP contribution in [0.15, 0.2) is 72.8 Å². The molecule has 1 amide bonds. The molecule has 1 aromatic heterocycles. The van der Waals surface area contributed by atoms with Gasteiger partial charge in [0.2, 0.25) is 6.79 Å². The third-order valence-corrected chi connectivity index (χ3v) is 6.12. The number of carbonyl (C=O) groups excluding carboxylic acids is 1. The van der Waals surface area contributed by atoms with E-state index in [0.717, 1.165) is 22.3 Å². The first-order valence-electron chi connectivity index (χ1n) is 10.7. The Balaban J connectivity index is 1.45. The number of nitro groups is 1. The number of benzene rings is 3. The van der Waals surface area contributed by atoms with Gasteiger partial charge in [-0.05, 0) is 35.4 Å². The molecule has 1 unspecified atom stereocenters. The van der Waals surface area contributed by atoms with Crippen LogP contribution in [0, 0.1) is 10.1 Å². The van der Waals surface area contributed by atoms with Crippen LogP contribution in [0.4, 0.5) is 5.69 Å². The highest BCUT2D eigenvalue weighted by Crippen LogP contribution is 2.44. The summed E-state index contributed by atoms with van der Waals surface area (Å²) in [5.41, 5.74) is 4.37. The smallest absolute Gasteiger partial charge is 0.273 e. The maximum atomic E-state index is 13.5. The van der Waals surface area contributed by atoms with E-state index in [1.54, 1.807) is 17.0 Å². The van der Waals surface area contributed by atoms with Crippen LogP contribution >= 0.6 is 0 Å². The molecule has 34 heavy (non-hydrogen) atoms. The van der Waals surface area contributed by atoms with Gasteiger partial charge in [-0.2, -0.15) is 5.10 Å². The molecule has 1 N–H and O–H groups in total. The highest BCUT2D eigenvalue weighted by molar-refractivity contribution is 6.00. The van der Waals surface area contributed by atoms with E-state index in [0.29, 0.717) is 29.4 Å². The fourth-order valence-electron chi connectivity index (χ4n) is 4.54. The summed E-state index contributed by atoms with van der Waals surface area (Å²) in [7, 11) is 0. The number of rotatable bonds is 5. The Hall–Kier alpha value is -4.66. The van der Waals surface area contributed by atoms with Crippen molar-refractivity contribution < 1.29 is 19.2 Å². The highest BCUT2D eigenvalue weighted by Gasteiger charge is 2.42. The predicted molar refractivity (Wildman–Crippen MR) is 121 cm³/mol. The maximum Gasteiger partial charge on any atom is 0.273 e. The van der Waals surface area contributed by atoms with Gasteiger partial charge in [-0.1, -0.05) is 36.4 Å². The first-order valence-corrected chi connectivity index (χ1v) is 10.7. The Bertz CT molecular complexity index is 1420. The number of ether oxygens (including phenoxy) is 2. The molecule has 2 aliphatic rings. The number of amides is 1. The second-order valence-electron chi connectivity index (χ2n) is 8.10. The van der Waals surface area contributed by atoms with Gasteiger partial charge in [-0.3, -0.25) is 20.0 Å². The summed E-state index contributed by atoms with van der Waals surface area (Å²) in [4.78, 5) is 26.0. The molecular weight excluding hydrogens is 436 g/mol. The monoisotopic (exact) mass is 454 g/mol. The summed E-state index contributed by atoms with van der Waals surface area (Å²) >= 11 is 0. The minimum atomic E-state index is -0.470. The topological polar surface area (TPSA) is 111 Å². The molecule has 0 saturated carbocycles. The minimum Gasteiger partial charge on any atom is -0.454 e. The van der Waals surface area contributed by atoms with E-state index in [1.807, 2.05) is 48.5 Å². The molecule has 1 atom stereocenters. The Kier molecular flexibility index (Phi) is 4.54. The van der Waals surface area contributed by atoms with Gasteiger partial charge in [-0.25, -0.2) is 0 Å². The Labute approximate surface area is 193 Å². The summed E-state index contributed by atoms with van der Waals surface area (Å²) in [5, 5.41) is 18.6. The molecule has 6 rings (SSSR count). The number of aromatic nitrogens is 2. The van der Waals surface area contributed by atoms with Crippen LogP contribution in [-0.4, -0.2) is 32.7 Å². The number of hydrogen-bond acceptors (Lipinski definition) is 6. The van der Waals surface area contributed by atoms with Crippen LogP contribution in [0.2, 0.25) is 0 Å². The van der Waals surface area contributed by atoms with Crippen LogP contribution in [0.25, 0.3) is 11.3 Å². The van der Waals surface area contributed by atoms with Crippen molar-refractivity contribution in [2.45, 2.75) is 12.6 Å². The zero-order valence-electron chi connectivity index (χ0n) is 17.8. The van der Waals surface area contributed by atoms with Gasteiger partial charge in [0.1, 0.15) is 5.69 Å². The van der Waals surface area contributed by atoms with Crippen LogP contribution in [0.3, 0.4) is 0 Å². The molecule has 2 aliphatic heterocycles. The normalized spacial score (nSPS) is 16.1. The Morgan fingerprint density at radius 2 is 1.79 bits per heavy atom. The van der Waals surface area contributed by atoms with Crippen molar-refractivity contribution in [1.82, 2.24) is 15.1 Å². The van der Waals surface area contributed by atoms with E-state index in [2.05, 4.69) is 10.2 Å². The zero-order valence-corrected chi connectivity index (χ0v) is 17.8. The molecule has 168 valence electrons. The molecule has 0 saturated heterocycles. The van der Waals surface area contributed by atoms with E-state index >= 15 is 0 Å². The van der Waals surface area contributed by atoms with Gasteiger partial charge in [0, 0.05) is 29.8 Å². The molecular formula is C25H18N4O5. The number of non-ortho nitro benzene ring substituents is 1. The van der Waals surface area contributed by atoms with E-state index in [-0.39, 0.29) is 18.4 Å². The lowest BCUT2D eigenvalue weighted by Crippen LogP contribution is -2.29. The standard InChI is InChI=1S/C25H18N4O5/c30-25-23-21(22(26-27-23)16-4-2-1-3-5-16)24(17-7-9-18(10-8-17)29(31)32)28(25)13-15-6-11-19-20(12-15)34-14-33-19/h1-12,24H,13-14H2,(H,26,27). The van der Waals surface area contributed by atoms with Crippen LogP contribution in [0.1, 0.15) is 33.2 Å². The van der Waals surface area contributed by atoms with E-state index in [4.69, 9.17) is 9.47 Å². The quantitative estimate of drug-likeness (QED) is 0.352. The lowest BCUT2D eigenvalue weighted by atomic mass is 9.95. The van der Waals surface area contributed by atoms with Crippen LogP contribution in [0.5, 0.6) is 11.5 Å². The third kappa shape index (κ3) is 3.17. The summed E-state index contributed by atoms with van der Waals surface area (Å²) < 4.78 is 10.9. The Morgan fingerprint density at radius 3 is 2.56 bits per heavy atom. The molecule has 0 radical (unpaired) electrons. The fourth-order valence-corrected chi connectivity index (χ4v) is 4.54. The van der Waals surface area contributed by atoms with Crippen molar-refractivity contribution in [3.63, 3.8) is 0 Å². The first kappa shape index (κ1) is 20.0. The fraction of sp³-hybridized carbons (Fsp3) is 0.120. The minimum absolute atomic E-state index is 0.00825.